The molecule has 3 heterocycles. The van der Waals surface area contributed by atoms with E-state index in [-0.39, 0.29) is 5.60 Å². The first-order valence-electron chi connectivity index (χ1n) is 9.22. The number of methoxy groups -OCH3 is 1. The number of piperidine rings is 1. The molecule has 1 aromatic heterocycles. The zero-order valence-corrected chi connectivity index (χ0v) is 16.9. The number of aryl methyl sites for hydroxylation is 1. The summed E-state index contributed by atoms with van der Waals surface area (Å²) < 4.78 is 43.2. The van der Waals surface area contributed by atoms with Crippen LogP contribution in [0.3, 0.4) is 0 Å². The van der Waals surface area contributed by atoms with E-state index in [4.69, 9.17) is 19.4 Å². The number of hydrogen-bond donors (Lipinski definition) is 1. The Bertz CT molecular complexity index is 631. The lowest BCUT2D eigenvalue weighted by atomic mass is 9.78. The smallest absolute Gasteiger partial charge is 0.475 e. The van der Waals surface area contributed by atoms with E-state index in [1.807, 2.05) is 5.51 Å². The van der Waals surface area contributed by atoms with Crippen molar-refractivity contribution in [2.75, 3.05) is 33.4 Å². The molecule has 1 unspecified atom stereocenters. The summed E-state index contributed by atoms with van der Waals surface area (Å²) in [7, 11) is 1.79. The van der Waals surface area contributed by atoms with Gasteiger partial charge in [-0.15, -0.1) is 11.3 Å². The van der Waals surface area contributed by atoms with Crippen LogP contribution in [0.1, 0.15) is 36.3 Å². The van der Waals surface area contributed by atoms with Crippen molar-refractivity contribution in [3.05, 3.63) is 16.1 Å². The minimum Gasteiger partial charge on any atom is -0.475 e. The monoisotopic (exact) mass is 424 g/mol. The zero-order valence-electron chi connectivity index (χ0n) is 16.1. The molecule has 3 rings (SSSR count). The second-order valence-corrected chi connectivity index (χ2v) is 8.06. The minimum absolute atomic E-state index is 0.137. The topological polar surface area (TPSA) is 71.9 Å². The van der Waals surface area contributed by atoms with Gasteiger partial charge >= 0.3 is 12.1 Å². The maximum atomic E-state index is 10.6. The summed E-state index contributed by atoms with van der Waals surface area (Å²) in [6, 6.07) is 0. The summed E-state index contributed by atoms with van der Waals surface area (Å²) in [5.41, 5.74) is 3.28. The average Bonchev–Trinajstić information content (AvgIpc) is 3.21. The highest BCUT2D eigenvalue weighted by Gasteiger charge is 2.45. The molecule has 2 saturated heterocycles. The van der Waals surface area contributed by atoms with Crippen LogP contribution >= 0.6 is 11.3 Å². The van der Waals surface area contributed by atoms with Gasteiger partial charge in [0.15, 0.2) is 0 Å². The molecule has 0 saturated carbocycles. The molecule has 1 atom stereocenters. The molecule has 2 fully saturated rings. The lowest BCUT2D eigenvalue weighted by molar-refractivity contribution is -0.192. The molecule has 0 bridgehead atoms. The average molecular weight is 424 g/mol. The minimum atomic E-state index is -5.08. The second kappa shape index (κ2) is 10.00. The van der Waals surface area contributed by atoms with Crippen molar-refractivity contribution in [3.63, 3.8) is 0 Å². The van der Waals surface area contributed by atoms with Crippen molar-refractivity contribution in [1.82, 2.24) is 9.88 Å². The van der Waals surface area contributed by atoms with E-state index >= 15 is 0 Å². The molecule has 0 radical (unpaired) electrons. The standard InChI is InChI=1S/C16H26N2O2S.C2HF3O2/c1-13-15(21-12-17-13)11-18-7-5-16(6-8-18)14(3-9-19-2)4-10-20-16;3-2(4,5)1(6)7/h12,14H,3-11H2,1-2H3;(H,6,7). The summed E-state index contributed by atoms with van der Waals surface area (Å²) in [5, 5.41) is 7.12. The van der Waals surface area contributed by atoms with Crippen LogP contribution in [0.25, 0.3) is 0 Å². The zero-order chi connectivity index (χ0) is 20.8. The Morgan fingerprint density at radius 2 is 2.11 bits per heavy atom. The van der Waals surface area contributed by atoms with E-state index in [1.165, 1.54) is 29.8 Å². The maximum absolute atomic E-state index is 10.6. The third-order valence-corrected chi connectivity index (χ3v) is 6.35. The van der Waals surface area contributed by atoms with Crippen LogP contribution < -0.4 is 0 Å². The number of aromatic nitrogens is 1. The second-order valence-electron chi connectivity index (χ2n) is 7.12. The number of carboxylic acid groups (broad SMARTS) is 1. The summed E-state index contributed by atoms with van der Waals surface area (Å²) >= 11 is 1.78. The molecule has 1 N–H and O–H groups in total. The molecule has 2 aliphatic heterocycles. The normalized spacial score (nSPS) is 22.1. The third-order valence-electron chi connectivity index (χ3n) is 5.43. The number of rotatable bonds is 5. The highest BCUT2D eigenvalue weighted by atomic mass is 32.1. The third kappa shape index (κ3) is 6.13. The first-order valence-corrected chi connectivity index (χ1v) is 10.1. The number of thiazole rings is 1. The Morgan fingerprint density at radius 3 is 2.61 bits per heavy atom. The largest absolute Gasteiger partial charge is 0.490 e. The molecule has 10 heteroatoms. The fourth-order valence-electron chi connectivity index (χ4n) is 3.78. The van der Waals surface area contributed by atoms with E-state index in [9.17, 15) is 13.2 Å². The molecule has 6 nitrogen and oxygen atoms in total. The summed E-state index contributed by atoms with van der Waals surface area (Å²) in [5.74, 6) is -2.07. The van der Waals surface area contributed by atoms with Crippen LogP contribution in [0.4, 0.5) is 13.2 Å². The Balaban J connectivity index is 0.000000345. The highest BCUT2D eigenvalue weighted by molar-refractivity contribution is 7.09. The van der Waals surface area contributed by atoms with Gasteiger partial charge in [0.05, 0.1) is 16.8 Å². The fraction of sp³-hybridized carbons (Fsp3) is 0.778. The van der Waals surface area contributed by atoms with Gasteiger partial charge in [0, 0.05) is 44.8 Å². The predicted octanol–water partition coefficient (Wildman–Crippen LogP) is 3.49. The number of carboxylic acids is 1. The lowest BCUT2D eigenvalue weighted by Crippen LogP contribution is -2.47. The van der Waals surface area contributed by atoms with Gasteiger partial charge < -0.3 is 14.6 Å². The Morgan fingerprint density at radius 1 is 1.46 bits per heavy atom. The molecule has 0 amide bonds. The van der Waals surface area contributed by atoms with E-state index in [0.29, 0.717) is 5.92 Å². The molecular weight excluding hydrogens is 397 g/mol. The van der Waals surface area contributed by atoms with Crippen LogP contribution in [0.5, 0.6) is 0 Å². The van der Waals surface area contributed by atoms with Crippen molar-refractivity contribution < 1.29 is 32.5 Å². The van der Waals surface area contributed by atoms with E-state index in [0.717, 1.165) is 39.3 Å². The Kier molecular flexibility index (Phi) is 8.23. The first kappa shape index (κ1) is 23.1. The van der Waals surface area contributed by atoms with Crippen molar-refractivity contribution in [2.45, 2.75) is 50.9 Å². The molecule has 2 aliphatic rings. The predicted molar refractivity (Wildman–Crippen MR) is 98.3 cm³/mol. The number of aliphatic carboxylic acids is 1. The molecule has 0 aliphatic carbocycles. The Labute approximate surface area is 166 Å². The molecular formula is C18H27F3N2O4S. The lowest BCUT2D eigenvalue weighted by Gasteiger charge is -2.42. The van der Waals surface area contributed by atoms with Crippen LogP contribution in [-0.4, -0.2) is 66.2 Å². The maximum Gasteiger partial charge on any atom is 0.490 e. The molecule has 1 spiro atoms. The van der Waals surface area contributed by atoms with Crippen LogP contribution in [0.2, 0.25) is 0 Å². The van der Waals surface area contributed by atoms with Crippen LogP contribution in [0, 0.1) is 12.8 Å². The van der Waals surface area contributed by atoms with Gasteiger partial charge in [-0.2, -0.15) is 13.2 Å². The van der Waals surface area contributed by atoms with E-state index in [2.05, 4.69) is 16.8 Å². The van der Waals surface area contributed by atoms with Gasteiger partial charge in [0.25, 0.3) is 0 Å². The number of carbonyl (C=O) groups is 1. The highest BCUT2D eigenvalue weighted by Crippen LogP contribution is 2.42. The van der Waals surface area contributed by atoms with Crippen molar-refractivity contribution in [1.29, 1.82) is 0 Å². The number of alkyl halides is 3. The number of halogens is 3. The SMILES string of the molecule is COCCC1CCOC12CCN(Cc1scnc1C)CC2.O=C(O)C(F)(F)F. The first-order chi connectivity index (χ1) is 13.2. The number of likely N-dealkylation sites (tertiary alicyclic amines) is 1. The van der Waals surface area contributed by atoms with Crippen LogP contribution in [-0.2, 0) is 20.8 Å². The van der Waals surface area contributed by atoms with Gasteiger partial charge in [-0.25, -0.2) is 9.78 Å². The summed E-state index contributed by atoms with van der Waals surface area (Å²) in [6.07, 6.45) is -0.403. The van der Waals surface area contributed by atoms with Crippen molar-refractivity contribution >= 4 is 17.3 Å². The number of hydrogen-bond acceptors (Lipinski definition) is 6. The van der Waals surface area contributed by atoms with Gasteiger partial charge in [0.1, 0.15) is 0 Å². The van der Waals surface area contributed by atoms with E-state index < -0.39 is 12.1 Å². The quantitative estimate of drug-likeness (QED) is 0.780. The van der Waals surface area contributed by atoms with Gasteiger partial charge in [-0.1, -0.05) is 0 Å². The summed E-state index contributed by atoms with van der Waals surface area (Å²) in [4.78, 5) is 17.2. The van der Waals surface area contributed by atoms with Gasteiger partial charge in [-0.3, -0.25) is 4.90 Å². The Hall–Kier alpha value is -1.23. The van der Waals surface area contributed by atoms with E-state index in [1.54, 1.807) is 18.4 Å². The summed E-state index contributed by atoms with van der Waals surface area (Å²) in [6.45, 7) is 7.23. The van der Waals surface area contributed by atoms with Crippen molar-refractivity contribution in [3.8, 4) is 0 Å². The molecule has 160 valence electrons. The van der Waals surface area contributed by atoms with Gasteiger partial charge in [0.2, 0.25) is 0 Å². The fourth-order valence-corrected chi connectivity index (χ4v) is 4.59. The van der Waals surface area contributed by atoms with Crippen molar-refractivity contribution in [2.24, 2.45) is 5.92 Å². The molecule has 0 aromatic carbocycles. The van der Waals surface area contributed by atoms with Crippen LogP contribution in [0.15, 0.2) is 5.51 Å². The molecule has 1 aromatic rings. The molecule has 28 heavy (non-hydrogen) atoms. The number of ether oxygens (including phenoxy) is 2. The number of nitrogens with zero attached hydrogens (tertiary/aromatic N) is 2. The van der Waals surface area contributed by atoms with Gasteiger partial charge in [-0.05, 0) is 38.5 Å².